The first-order chi connectivity index (χ1) is 29.5. The molecule has 0 aromatic carbocycles. The first-order valence-electron chi connectivity index (χ1n) is 24.1. The Bertz CT molecular complexity index is 1310. The minimum atomic E-state index is -4.62. The van der Waals surface area contributed by atoms with Crippen molar-refractivity contribution in [1.29, 1.82) is 0 Å². The minimum absolute atomic E-state index is 0.0212. The highest BCUT2D eigenvalue weighted by Crippen LogP contribution is 2.38. The van der Waals surface area contributed by atoms with Crippen LogP contribution < -0.4 is 10.2 Å². The molecular formula is C52H91N2O6P. The van der Waals surface area contributed by atoms with Crippen LogP contribution in [0.15, 0.2) is 97.2 Å². The zero-order chi connectivity index (χ0) is 45.0. The molecule has 3 unspecified atom stereocenters. The van der Waals surface area contributed by atoms with E-state index in [-0.39, 0.29) is 18.9 Å². The summed E-state index contributed by atoms with van der Waals surface area (Å²) in [7, 11) is 1.19. The number of phosphoric ester groups is 1. The lowest BCUT2D eigenvalue weighted by Crippen LogP contribution is -2.45. The molecule has 9 heteroatoms. The summed E-state index contributed by atoms with van der Waals surface area (Å²) in [6, 6.07) is -0.933. The van der Waals surface area contributed by atoms with E-state index in [1.165, 1.54) is 70.6 Å². The number of aliphatic hydroxyl groups is 1. The van der Waals surface area contributed by atoms with Gasteiger partial charge in [-0.3, -0.25) is 9.36 Å². The van der Waals surface area contributed by atoms with Gasteiger partial charge < -0.3 is 28.8 Å². The monoisotopic (exact) mass is 871 g/mol. The van der Waals surface area contributed by atoms with Crippen molar-refractivity contribution >= 4 is 13.7 Å². The third-order valence-corrected chi connectivity index (χ3v) is 11.0. The van der Waals surface area contributed by atoms with Crippen molar-refractivity contribution in [2.24, 2.45) is 0 Å². The number of quaternary nitrogens is 1. The molecule has 0 heterocycles. The highest BCUT2D eigenvalue weighted by atomic mass is 31.2. The van der Waals surface area contributed by atoms with Gasteiger partial charge in [0.15, 0.2) is 0 Å². The van der Waals surface area contributed by atoms with Crippen molar-refractivity contribution in [2.45, 2.75) is 187 Å². The Balaban J connectivity index is 4.54. The Kier molecular flexibility index (Phi) is 40.9. The largest absolute Gasteiger partial charge is 0.756 e. The second-order valence-corrected chi connectivity index (χ2v) is 18.5. The number of hydrogen-bond acceptors (Lipinski definition) is 6. The number of rotatable bonds is 42. The maximum Gasteiger partial charge on any atom is 0.268 e. The van der Waals surface area contributed by atoms with Crippen molar-refractivity contribution < 1.29 is 32.9 Å². The Morgan fingerprint density at radius 3 is 1.52 bits per heavy atom. The van der Waals surface area contributed by atoms with Crippen LogP contribution in [0.3, 0.4) is 0 Å². The summed E-state index contributed by atoms with van der Waals surface area (Å²) in [6.45, 7) is 4.46. The van der Waals surface area contributed by atoms with E-state index in [4.69, 9.17) is 9.05 Å². The van der Waals surface area contributed by atoms with Gasteiger partial charge in [0, 0.05) is 6.42 Å². The van der Waals surface area contributed by atoms with Crippen molar-refractivity contribution in [3.63, 3.8) is 0 Å². The number of amides is 1. The lowest BCUT2D eigenvalue weighted by atomic mass is 10.1. The minimum Gasteiger partial charge on any atom is -0.756 e. The smallest absolute Gasteiger partial charge is 0.268 e. The van der Waals surface area contributed by atoms with Crippen LogP contribution in [0.5, 0.6) is 0 Å². The molecule has 0 saturated carbocycles. The van der Waals surface area contributed by atoms with Crippen molar-refractivity contribution in [2.75, 3.05) is 40.9 Å². The summed E-state index contributed by atoms with van der Waals surface area (Å²) in [5.41, 5.74) is 0. The fourth-order valence-electron chi connectivity index (χ4n) is 6.21. The molecule has 0 aliphatic heterocycles. The molecule has 0 aromatic rings. The van der Waals surface area contributed by atoms with E-state index in [9.17, 15) is 19.4 Å². The molecule has 0 fully saturated rings. The summed E-state index contributed by atoms with van der Waals surface area (Å²) in [5, 5.41) is 13.8. The predicted octanol–water partition coefficient (Wildman–Crippen LogP) is 13.3. The third-order valence-electron chi connectivity index (χ3n) is 10.0. The first kappa shape index (κ1) is 58.4. The average Bonchev–Trinajstić information content (AvgIpc) is 3.21. The number of allylic oxidation sites excluding steroid dienone is 15. The standard InChI is InChI=1S/C52H91N2O6P/c1-6-8-10-12-14-16-18-20-22-24-26-28-29-31-33-35-37-39-41-43-45-51(55)50(49-60-61(57,58)59-48-47-54(3,4)5)53-52(56)46-44-42-40-38-36-34-32-30-27-25-23-21-19-17-15-13-11-9-7-2/h9,11,15,17,21,23,27-30,34-37,43,45,50-51,55H,6-8,10,12-14,16,18-20,22,24-26,31-33,38-42,44,46-49H2,1-5H3,(H-,53,56,57,58)/b11-9-,17-15-,23-21-,29-28+,30-27-,36-34-,37-35+,45-43+. The normalized spacial score (nSPS) is 15.1. The number of likely N-dealkylation sites (N-methyl/N-ethyl adjacent to an activating group) is 1. The van der Waals surface area contributed by atoms with E-state index in [0.29, 0.717) is 17.4 Å². The average molecular weight is 871 g/mol. The summed E-state index contributed by atoms with van der Waals surface area (Å²) in [4.78, 5) is 25.4. The molecule has 0 aromatic heterocycles. The summed E-state index contributed by atoms with van der Waals surface area (Å²) in [5.74, 6) is -0.247. The number of carbonyl (C=O) groups is 1. The maximum atomic E-state index is 12.9. The topological polar surface area (TPSA) is 108 Å². The highest BCUT2D eigenvalue weighted by Gasteiger charge is 2.23. The number of hydrogen-bond donors (Lipinski definition) is 2. The van der Waals surface area contributed by atoms with Crippen LogP contribution in [-0.2, 0) is 18.4 Å². The van der Waals surface area contributed by atoms with E-state index in [2.05, 4.69) is 104 Å². The second-order valence-electron chi connectivity index (χ2n) is 17.1. The van der Waals surface area contributed by atoms with E-state index < -0.39 is 26.6 Å². The molecule has 1 amide bonds. The number of unbranched alkanes of at least 4 members (excludes halogenated alkanes) is 15. The quantitative estimate of drug-likeness (QED) is 0.0274. The molecule has 0 aliphatic rings. The van der Waals surface area contributed by atoms with E-state index >= 15 is 0 Å². The first-order valence-corrected chi connectivity index (χ1v) is 25.6. The molecule has 3 atom stereocenters. The van der Waals surface area contributed by atoms with Crippen LogP contribution in [0.25, 0.3) is 0 Å². The molecule has 2 N–H and O–H groups in total. The molecule has 0 bridgehead atoms. The molecule has 0 aliphatic carbocycles. The lowest BCUT2D eigenvalue weighted by Gasteiger charge is -2.29. The summed E-state index contributed by atoms with van der Waals surface area (Å²) < 4.78 is 23.2. The van der Waals surface area contributed by atoms with Gasteiger partial charge in [-0.25, -0.2) is 0 Å². The van der Waals surface area contributed by atoms with Crippen molar-refractivity contribution in [1.82, 2.24) is 5.32 Å². The van der Waals surface area contributed by atoms with E-state index in [1.54, 1.807) is 6.08 Å². The number of nitrogens with zero attached hydrogens (tertiary/aromatic N) is 1. The van der Waals surface area contributed by atoms with Crippen LogP contribution >= 0.6 is 7.82 Å². The Hall–Kier alpha value is -2.58. The third kappa shape index (κ3) is 45.3. The summed E-state index contributed by atoms with van der Waals surface area (Å²) >= 11 is 0. The molecule has 0 saturated heterocycles. The van der Waals surface area contributed by atoms with Gasteiger partial charge in [-0.1, -0.05) is 175 Å². The molecule has 0 radical (unpaired) electrons. The predicted molar refractivity (Wildman–Crippen MR) is 260 cm³/mol. The molecule has 350 valence electrons. The fourth-order valence-corrected chi connectivity index (χ4v) is 6.93. The van der Waals surface area contributed by atoms with Gasteiger partial charge in [-0.05, 0) is 89.9 Å². The molecule has 8 nitrogen and oxygen atoms in total. The number of nitrogens with one attached hydrogen (secondary N) is 1. The van der Waals surface area contributed by atoms with Gasteiger partial charge in [0.2, 0.25) is 5.91 Å². The number of aliphatic hydroxyl groups excluding tert-OH is 1. The van der Waals surface area contributed by atoms with Gasteiger partial charge in [0.1, 0.15) is 13.2 Å². The maximum absolute atomic E-state index is 12.9. The molecular weight excluding hydrogens is 780 g/mol. The Morgan fingerprint density at radius 1 is 0.590 bits per heavy atom. The number of carbonyl (C=O) groups excluding carboxylic acids is 1. The van der Waals surface area contributed by atoms with Crippen molar-refractivity contribution in [3.05, 3.63) is 97.2 Å². The van der Waals surface area contributed by atoms with Crippen LogP contribution in [0.1, 0.15) is 174 Å². The van der Waals surface area contributed by atoms with Gasteiger partial charge in [-0.2, -0.15) is 0 Å². The fraction of sp³-hybridized carbons (Fsp3) is 0.673. The van der Waals surface area contributed by atoms with Crippen LogP contribution in [0, 0.1) is 0 Å². The van der Waals surface area contributed by atoms with Gasteiger partial charge in [-0.15, -0.1) is 0 Å². The van der Waals surface area contributed by atoms with Gasteiger partial charge >= 0.3 is 0 Å². The molecule has 0 spiro atoms. The van der Waals surface area contributed by atoms with E-state index in [0.717, 1.165) is 77.0 Å². The zero-order valence-electron chi connectivity index (χ0n) is 39.6. The lowest BCUT2D eigenvalue weighted by molar-refractivity contribution is -0.870. The SMILES string of the molecule is CC/C=C\C/C=C\C/C=C\C/C=C\C/C=C\CCCCCC(=O)NC(COP(=O)([O-])OCC[N+](C)(C)C)C(O)/C=C/CC/C=C/CC/C=C/CCCCCCCCCCCC. The Morgan fingerprint density at radius 2 is 1.02 bits per heavy atom. The van der Waals surface area contributed by atoms with Crippen LogP contribution in [0.4, 0.5) is 0 Å². The number of phosphoric acid groups is 1. The van der Waals surface area contributed by atoms with Gasteiger partial charge in [0.25, 0.3) is 7.82 Å². The molecule has 61 heavy (non-hydrogen) atoms. The van der Waals surface area contributed by atoms with Crippen LogP contribution in [0.2, 0.25) is 0 Å². The highest BCUT2D eigenvalue weighted by molar-refractivity contribution is 7.45. The zero-order valence-corrected chi connectivity index (χ0v) is 40.5. The second kappa shape index (κ2) is 42.7. The Labute approximate surface area is 375 Å². The van der Waals surface area contributed by atoms with E-state index in [1.807, 2.05) is 27.2 Å². The van der Waals surface area contributed by atoms with Crippen LogP contribution in [-0.4, -0.2) is 68.5 Å². The summed E-state index contributed by atoms with van der Waals surface area (Å²) in [6.07, 6.45) is 60.4. The van der Waals surface area contributed by atoms with Gasteiger partial charge in [0.05, 0.1) is 39.9 Å². The molecule has 0 rings (SSSR count). The van der Waals surface area contributed by atoms with Crippen molar-refractivity contribution in [3.8, 4) is 0 Å².